The molecular weight excluding hydrogens is 551 g/mol. The molecule has 40 heavy (non-hydrogen) atoms. The standard InChI is InChI=1S/C29H32N6O3.2ClH/c1-30-15-16-31-29-33-23-11-7-10-22(26(23)34-29)32-27(36)21-14-13-20(18-25(21)38-2)28(37)35-17-6-5-9-19-8-3-4-12-24(19)35;;/h3-4,7-8,10-14,18,30H,5-6,9,15-17H2,1-2H3,(H,32,36)(H2,31,33,34);2*1H. The quantitative estimate of drug-likeness (QED) is 0.210. The molecule has 0 unspecified atom stereocenters. The molecule has 0 atom stereocenters. The van der Waals surface area contributed by atoms with E-state index in [0.717, 1.165) is 37.0 Å². The molecule has 1 aliphatic heterocycles. The van der Waals surface area contributed by atoms with Crippen molar-refractivity contribution in [3.63, 3.8) is 0 Å². The van der Waals surface area contributed by atoms with E-state index >= 15 is 0 Å². The Morgan fingerprint density at radius 2 is 1.85 bits per heavy atom. The number of likely N-dealkylation sites (N-methyl/N-ethyl adjacent to an activating group) is 1. The van der Waals surface area contributed by atoms with Gasteiger partial charge in [-0.05, 0) is 68.3 Å². The number of aromatic amines is 1. The summed E-state index contributed by atoms with van der Waals surface area (Å²) in [6, 6.07) is 18.6. The van der Waals surface area contributed by atoms with Crippen LogP contribution in [-0.2, 0) is 6.42 Å². The van der Waals surface area contributed by atoms with Crippen LogP contribution < -0.4 is 25.6 Å². The summed E-state index contributed by atoms with van der Waals surface area (Å²) in [4.78, 5) is 36.5. The van der Waals surface area contributed by atoms with Gasteiger partial charge < -0.3 is 30.6 Å². The monoisotopic (exact) mass is 584 g/mol. The van der Waals surface area contributed by atoms with Crippen LogP contribution in [0, 0.1) is 0 Å². The number of carbonyl (C=O) groups is 2. The minimum absolute atomic E-state index is 0. The first-order valence-corrected chi connectivity index (χ1v) is 12.9. The SMILES string of the molecule is CNCCNc1nc2c(NC(=O)c3ccc(C(=O)N4CCCCc5ccccc54)cc3OC)cccc2[nH]1.Cl.Cl. The van der Waals surface area contributed by atoms with Gasteiger partial charge in [-0.2, -0.15) is 0 Å². The Balaban J connectivity index is 0.00000220. The van der Waals surface area contributed by atoms with E-state index in [-0.39, 0.29) is 36.6 Å². The summed E-state index contributed by atoms with van der Waals surface area (Å²) in [5, 5.41) is 9.25. The molecule has 0 fully saturated rings. The predicted molar refractivity (Wildman–Crippen MR) is 165 cm³/mol. The highest BCUT2D eigenvalue weighted by Crippen LogP contribution is 2.30. The zero-order valence-electron chi connectivity index (χ0n) is 22.5. The van der Waals surface area contributed by atoms with Gasteiger partial charge in [-0.1, -0.05) is 24.3 Å². The van der Waals surface area contributed by atoms with Crippen LogP contribution in [0.2, 0.25) is 0 Å². The lowest BCUT2D eigenvalue weighted by Crippen LogP contribution is -2.31. The van der Waals surface area contributed by atoms with Crippen molar-refractivity contribution in [3.05, 3.63) is 77.4 Å². The van der Waals surface area contributed by atoms with Gasteiger partial charge in [-0.25, -0.2) is 4.98 Å². The second-order valence-electron chi connectivity index (χ2n) is 9.23. The summed E-state index contributed by atoms with van der Waals surface area (Å²) in [5.41, 5.74) is 4.96. The number of rotatable bonds is 8. The molecule has 2 amide bonds. The number of methoxy groups -OCH3 is 1. The lowest BCUT2D eigenvalue weighted by Gasteiger charge is -2.23. The molecule has 0 saturated carbocycles. The number of nitrogens with one attached hydrogen (secondary N) is 4. The highest BCUT2D eigenvalue weighted by Gasteiger charge is 2.24. The third kappa shape index (κ3) is 6.50. The van der Waals surface area contributed by atoms with Crippen LogP contribution in [0.4, 0.5) is 17.3 Å². The van der Waals surface area contributed by atoms with Gasteiger partial charge in [0, 0.05) is 30.9 Å². The van der Waals surface area contributed by atoms with E-state index < -0.39 is 0 Å². The van der Waals surface area contributed by atoms with Crippen molar-refractivity contribution in [1.29, 1.82) is 0 Å². The number of fused-ring (bicyclic) bond motifs is 2. The zero-order valence-corrected chi connectivity index (χ0v) is 24.1. The number of para-hydroxylation sites is 2. The largest absolute Gasteiger partial charge is 0.496 e. The normalized spacial score (nSPS) is 12.4. The number of amides is 2. The topological polar surface area (TPSA) is 111 Å². The highest BCUT2D eigenvalue weighted by atomic mass is 35.5. The summed E-state index contributed by atoms with van der Waals surface area (Å²) in [6.07, 6.45) is 2.93. The minimum Gasteiger partial charge on any atom is -0.496 e. The van der Waals surface area contributed by atoms with E-state index in [4.69, 9.17) is 4.74 Å². The number of imidazole rings is 1. The van der Waals surface area contributed by atoms with E-state index in [1.165, 1.54) is 12.7 Å². The molecule has 9 nitrogen and oxygen atoms in total. The van der Waals surface area contributed by atoms with Crippen LogP contribution in [0.15, 0.2) is 60.7 Å². The summed E-state index contributed by atoms with van der Waals surface area (Å²) < 4.78 is 5.55. The van der Waals surface area contributed by atoms with E-state index in [1.54, 1.807) is 24.3 Å². The number of hydrogen-bond donors (Lipinski definition) is 4. The molecule has 4 N–H and O–H groups in total. The summed E-state index contributed by atoms with van der Waals surface area (Å²) in [7, 11) is 3.39. The Kier molecular flexibility index (Phi) is 10.8. The zero-order chi connectivity index (χ0) is 26.5. The first-order chi connectivity index (χ1) is 18.6. The Morgan fingerprint density at radius 3 is 2.65 bits per heavy atom. The van der Waals surface area contributed by atoms with Gasteiger partial charge in [0.15, 0.2) is 0 Å². The number of aryl methyl sites for hydroxylation is 1. The molecule has 1 aromatic heterocycles. The molecule has 2 heterocycles. The summed E-state index contributed by atoms with van der Waals surface area (Å²) in [5.74, 6) is 0.512. The highest BCUT2D eigenvalue weighted by molar-refractivity contribution is 6.11. The van der Waals surface area contributed by atoms with Crippen LogP contribution in [0.25, 0.3) is 11.0 Å². The number of carbonyl (C=O) groups excluding carboxylic acids is 2. The summed E-state index contributed by atoms with van der Waals surface area (Å²) >= 11 is 0. The van der Waals surface area contributed by atoms with E-state index in [2.05, 4.69) is 32.0 Å². The summed E-state index contributed by atoms with van der Waals surface area (Å²) in [6.45, 7) is 2.16. The van der Waals surface area contributed by atoms with Crippen molar-refractivity contribution in [2.24, 2.45) is 0 Å². The molecule has 0 aliphatic carbocycles. The Hall–Kier alpha value is -3.79. The molecule has 0 spiro atoms. The molecule has 212 valence electrons. The van der Waals surface area contributed by atoms with Gasteiger partial charge in [-0.15, -0.1) is 24.8 Å². The first-order valence-electron chi connectivity index (χ1n) is 12.9. The van der Waals surface area contributed by atoms with Crippen molar-refractivity contribution in [2.75, 3.05) is 49.3 Å². The smallest absolute Gasteiger partial charge is 0.259 e. The maximum atomic E-state index is 13.5. The number of halogens is 2. The molecule has 5 rings (SSSR count). The van der Waals surface area contributed by atoms with Crippen molar-refractivity contribution < 1.29 is 14.3 Å². The molecule has 0 radical (unpaired) electrons. The fraction of sp³-hybridized carbons (Fsp3) is 0.276. The number of hydrogen-bond acceptors (Lipinski definition) is 6. The van der Waals surface area contributed by atoms with Gasteiger partial charge in [-0.3, -0.25) is 9.59 Å². The van der Waals surface area contributed by atoms with Crippen molar-refractivity contribution in [2.45, 2.75) is 19.3 Å². The lowest BCUT2D eigenvalue weighted by molar-refractivity contribution is 0.0982. The molecule has 0 bridgehead atoms. The molecule has 1 aliphatic rings. The van der Waals surface area contributed by atoms with Crippen LogP contribution in [-0.4, -0.2) is 55.6 Å². The number of aromatic nitrogens is 2. The number of H-pyrrole nitrogens is 1. The van der Waals surface area contributed by atoms with Crippen molar-refractivity contribution >= 4 is 65.0 Å². The second kappa shape index (κ2) is 14.0. The van der Waals surface area contributed by atoms with E-state index in [0.29, 0.717) is 47.1 Å². The fourth-order valence-electron chi connectivity index (χ4n) is 4.78. The lowest BCUT2D eigenvalue weighted by atomic mass is 10.1. The number of nitrogens with zero attached hydrogens (tertiary/aromatic N) is 2. The third-order valence-electron chi connectivity index (χ3n) is 6.73. The Morgan fingerprint density at radius 1 is 1.02 bits per heavy atom. The predicted octanol–water partition coefficient (Wildman–Crippen LogP) is 5.28. The van der Waals surface area contributed by atoms with Gasteiger partial charge in [0.2, 0.25) is 5.95 Å². The maximum Gasteiger partial charge on any atom is 0.259 e. The van der Waals surface area contributed by atoms with Crippen LogP contribution >= 0.6 is 24.8 Å². The molecular formula is C29H34Cl2N6O3. The Labute approximate surface area is 245 Å². The van der Waals surface area contributed by atoms with Crippen LogP contribution in [0.1, 0.15) is 39.1 Å². The van der Waals surface area contributed by atoms with Crippen molar-refractivity contribution in [1.82, 2.24) is 15.3 Å². The maximum absolute atomic E-state index is 13.5. The van der Waals surface area contributed by atoms with Crippen LogP contribution in [0.3, 0.4) is 0 Å². The molecule has 0 saturated heterocycles. The van der Waals surface area contributed by atoms with Crippen molar-refractivity contribution in [3.8, 4) is 5.75 Å². The van der Waals surface area contributed by atoms with Gasteiger partial charge in [0.05, 0.1) is 23.9 Å². The average molecular weight is 586 g/mol. The van der Waals surface area contributed by atoms with Gasteiger partial charge in [0.25, 0.3) is 11.8 Å². The molecule has 11 heteroatoms. The number of ether oxygens (including phenoxy) is 1. The van der Waals surface area contributed by atoms with E-state index in [9.17, 15) is 9.59 Å². The number of benzene rings is 3. The third-order valence-corrected chi connectivity index (χ3v) is 6.73. The van der Waals surface area contributed by atoms with Gasteiger partial charge >= 0.3 is 0 Å². The minimum atomic E-state index is -0.346. The number of anilines is 3. The first kappa shape index (κ1) is 30.7. The second-order valence-corrected chi connectivity index (χ2v) is 9.23. The van der Waals surface area contributed by atoms with Crippen LogP contribution in [0.5, 0.6) is 5.75 Å². The molecule has 4 aromatic rings. The van der Waals surface area contributed by atoms with Gasteiger partial charge in [0.1, 0.15) is 11.3 Å². The molecule has 3 aromatic carbocycles. The van der Waals surface area contributed by atoms with E-state index in [1.807, 2.05) is 42.3 Å². The fourth-order valence-corrected chi connectivity index (χ4v) is 4.78. The average Bonchev–Trinajstić information content (AvgIpc) is 3.24. The Bertz CT molecular complexity index is 1480.